The third kappa shape index (κ3) is 3.96. The van der Waals surface area contributed by atoms with E-state index in [1.165, 1.54) is 0 Å². The molecule has 134 valence electrons. The molecule has 5 nitrogen and oxygen atoms in total. The molecule has 5 heteroatoms. The first-order valence-electron chi connectivity index (χ1n) is 9.39. The summed E-state index contributed by atoms with van der Waals surface area (Å²) < 4.78 is 5.81. The van der Waals surface area contributed by atoms with E-state index in [1.54, 1.807) is 0 Å². The van der Waals surface area contributed by atoms with Gasteiger partial charge in [0.25, 0.3) is 0 Å². The van der Waals surface area contributed by atoms with Gasteiger partial charge >= 0.3 is 0 Å². The first kappa shape index (κ1) is 17.8. The number of hydrogen-bond donors (Lipinski definition) is 0. The zero-order chi connectivity index (χ0) is 17.6. The van der Waals surface area contributed by atoms with E-state index in [-0.39, 0.29) is 17.9 Å². The molecule has 0 aromatic heterocycles. The van der Waals surface area contributed by atoms with Crippen LogP contribution in [0.4, 0.5) is 5.69 Å². The monoisotopic (exact) mass is 341 g/mol. The summed E-state index contributed by atoms with van der Waals surface area (Å²) in [5.74, 6) is 0.263. The van der Waals surface area contributed by atoms with Gasteiger partial charge in [0.05, 0.1) is 23.3 Å². The standard InChI is InChI=1S/C20H27N3O2/c1-2-19-17(8-5-14-25-19)20(24)23-11-6-10-22(12-13-23)18-9-4-3-7-16(18)15-21/h3-4,7,9,17,19H,2,5-6,8,10-14H2,1H3/t17-,19-/m0/s1. The van der Waals surface area contributed by atoms with Crippen LogP contribution in [-0.2, 0) is 9.53 Å². The third-order valence-corrected chi connectivity index (χ3v) is 5.33. The Labute approximate surface area is 150 Å². The summed E-state index contributed by atoms with van der Waals surface area (Å²) in [7, 11) is 0. The molecule has 1 aromatic carbocycles. The van der Waals surface area contributed by atoms with Gasteiger partial charge in [-0.15, -0.1) is 0 Å². The fourth-order valence-electron chi connectivity index (χ4n) is 3.98. The summed E-state index contributed by atoms with van der Waals surface area (Å²) in [6.07, 6.45) is 3.80. The molecule has 0 spiro atoms. The fraction of sp³-hybridized carbons (Fsp3) is 0.600. The SMILES string of the molecule is CC[C@@H]1OCCC[C@@H]1C(=O)N1CCCN(c2ccccc2C#N)CC1. The van der Waals surface area contributed by atoms with E-state index in [2.05, 4.69) is 17.9 Å². The van der Waals surface area contributed by atoms with Gasteiger partial charge in [-0.1, -0.05) is 19.1 Å². The van der Waals surface area contributed by atoms with E-state index in [0.29, 0.717) is 12.1 Å². The number of carbonyl (C=O) groups is 1. The maximum absolute atomic E-state index is 13.0. The number of para-hydroxylation sites is 1. The Morgan fingerprint density at radius 3 is 2.88 bits per heavy atom. The van der Waals surface area contributed by atoms with Crippen LogP contribution in [0, 0.1) is 17.2 Å². The summed E-state index contributed by atoms with van der Waals surface area (Å²) in [6, 6.07) is 9.99. The molecular formula is C20H27N3O2. The Balaban J connectivity index is 1.67. The lowest BCUT2D eigenvalue weighted by atomic mass is 9.91. The molecular weight excluding hydrogens is 314 g/mol. The summed E-state index contributed by atoms with van der Waals surface area (Å²) in [4.78, 5) is 17.3. The Hall–Kier alpha value is -2.06. The van der Waals surface area contributed by atoms with E-state index < -0.39 is 0 Å². The highest BCUT2D eigenvalue weighted by Gasteiger charge is 2.34. The van der Waals surface area contributed by atoms with Gasteiger partial charge in [-0.25, -0.2) is 0 Å². The van der Waals surface area contributed by atoms with Crippen LogP contribution in [0.5, 0.6) is 0 Å². The van der Waals surface area contributed by atoms with E-state index in [1.807, 2.05) is 29.2 Å². The minimum absolute atomic E-state index is 0.0108. The van der Waals surface area contributed by atoms with Crippen LogP contribution in [0.25, 0.3) is 0 Å². The zero-order valence-electron chi connectivity index (χ0n) is 15.0. The average molecular weight is 341 g/mol. The van der Waals surface area contributed by atoms with E-state index in [9.17, 15) is 10.1 Å². The van der Waals surface area contributed by atoms with Crippen molar-refractivity contribution in [3.8, 4) is 6.07 Å². The molecule has 1 amide bonds. The van der Waals surface area contributed by atoms with Crippen molar-refractivity contribution < 1.29 is 9.53 Å². The van der Waals surface area contributed by atoms with Crippen LogP contribution in [0.2, 0.25) is 0 Å². The molecule has 2 fully saturated rings. The van der Waals surface area contributed by atoms with Crippen LogP contribution in [0.15, 0.2) is 24.3 Å². The number of nitrogens with zero attached hydrogens (tertiary/aromatic N) is 3. The van der Waals surface area contributed by atoms with Gasteiger partial charge in [0.15, 0.2) is 0 Å². The summed E-state index contributed by atoms with van der Waals surface area (Å²) in [5, 5.41) is 9.33. The fourth-order valence-corrected chi connectivity index (χ4v) is 3.98. The quantitative estimate of drug-likeness (QED) is 0.848. The molecule has 3 rings (SSSR count). The van der Waals surface area contributed by atoms with Crippen LogP contribution < -0.4 is 4.90 Å². The Kier molecular flexibility index (Phi) is 5.93. The van der Waals surface area contributed by atoms with E-state index in [4.69, 9.17) is 4.74 Å². The largest absolute Gasteiger partial charge is 0.377 e. The second-order valence-electron chi connectivity index (χ2n) is 6.86. The lowest BCUT2D eigenvalue weighted by molar-refractivity contribution is -0.145. The van der Waals surface area contributed by atoms with Crippen molar-refractivity contribution in [2.24, 2.45) is 5.92 Å². The van der Waals surface area contributed by atoms with Crippen LogP contribution in [0.3, 0.4) is 0 Å². The molecule has 0 saturated carbocycles. The molecule has 2 aliphatic rings. The minimum Gasteiger partial charge on any atom is -0.377 e. The predicted molar refractivity (Wildman–Crippen MR) is 97.3 cm³/mol. The highest BCUT2D eigenvalue weighted by Crippen LogP contribution is 2.26. The minimum atomic E-state index is 0.0108. The van der Waals surface area contributed by atoms with Crippen LogP contribution in [0.1, 0.15) is 38.2 Å². The van der Waals surface area contributed by atoms with Gasteiger partial charge in [0.1, 0.15) is 6.07 Å². The molecule has 0 unspecified atom stereocenters. The average Bonchev–Trinajstić information content (AvgIpc) is 2.93. The maximum Gasteiger partial charge on any atom is 0.228 e. The third-order valence-electron chi connectivity index (χ3n) is 5.33. The second kappa shape index (κ2) is 8.35. The number of nitriles is 1. The molecule has 2 saturated heterocycles. The summed E-state index contributed by atoms with van der Waals surface area (Å²) >= 11 is 0. The van der Waals surface area contributed by atoms with Gasteiger partial charge < -0.3 is 14.5 Å². The molecule has 0 bridgehead atoms. The highest BCUT2D eigenvalue weighted by atomic mass is 16.5. The predicted octanol–water partition coefficient (Wildman–Crippen LogP) is 2.80. The molecule has 0 aliphatic carbocycles. The van der Waals surface area contributed by atoms with Crippen molar-refractivity contribution in [3.05, 3.63) is 29.8 Å². The number of anilines is 1. The molecule has 2 aliphatic heterocycles. The molecule has 2 atom stereocenters. The van der Waals surface area contributed by atoms with Crippen molar-refractivity contribution in [2.75, 3.05) is 37.7 Å². The summed E-state index contributed by atoms with van der Waals surface area (Å²) in [5.41, 5.74) is 1.68. The summed E-state index contributed by atoms with van der Waals surface area (Å²) in [6.45, 7) is 6.03. The first-order chi connectivity index (χ1) is 12.2. The van der Waals surface area contributed by atoms with Gasteiger partial charge in [0, 0.05) is 32.8 Å². The second-order valence-corrected chi connectivity index (χ2v) is 6.86. The number of ether oxygens (including phenoxy) is 1. The lowest BCUT2D eigenvalue weighted by Gasteiger charge is -2.34. The highest BCUT2D eigenvalue weighted by molar-refractivity contribution is 5.79. The molecule has 0 N–H and O–H groups in total. The molecule has 1 aromatic rings. The Morgan fingerprint density at radius 1 is 1.24 bits per heavy atom. The van der Waals surface area contributed by atoms with Crippen LogP contribution in [-0.4, -0.2) is 49.7 Å². The first-order valence-corrected chi connectivity index (χ1v) is 9.39. The number of rotatable bonds is 3. The van der Waals surface area contributed by atoms with E-state index >= 15 is 0 Å². The smallest absolute Gasteiger partial charge is 0.228 e. The Morgan fingerprint density at radius 2 is 2.08 bits per heavy atom. The van der Waals surface area contributed by atoms with E-state index in [0.717, 1.165) is 57.6 Å². The van der Waals surface area contributed by atoms with Crippen molar-refractivity contribution >= 4 is 11.6 Å². The number of hydrogen-bond acceptors (Lipinski definition) is 4. The number of carbonyl (C=O) groups excluding carboxylic acids is 1. The maximum atomic E-state index is 13.0. The van der Waals surface area contributed by atoms with Crippen molar-refractivity contribution in [1.29, 1.82) is 5.26 Å². The zero-order valence-corrected chi connectivity index (χ0v) is 15.0. The van der Waals surface area contributed by atoms with Crippen molar-refractivity contribution in [2.45, 2.75) is 38.7 Å². The van der Waals surface area contributed by atoms with Gasteiger partial charge in [-0.2, -0.15) is 5.26 Å². The molecule has 0 radical (unpaired) electrons. The van der Waals surface area contributed by atoms with Crippen LogP contribution >= 0.6 is 0 Å². The lowest BCUT2D eigenvalue weighted by Crippen LogP contribution is -2.45. The van der Waals surface area contributed by atoms with Gasteiger partial charge in [-0.05, 0) is 37.8 Å². The van der Waals surface area contributed by atoms with Crippen molar-refractivity contribution in [1.82, 2.24) is 4.90 Å². The number of amides is 1. The molecule has 25 heavy (non-hydrogen) atoms. The van der Waals surface area contributed by atoms with Gasteiger partial charge in [-0.3, -0.25) is 4.79 Å². The molecule has 2 heterocycles. The number of benzene rings is 1. The topological polar surface area (TPSA) is 56.6 Å². The van der Waals surface area contributed by atoms with Crippen molar-refractivity contribution in [3.63, 3.8) is 0 Å². The normalized spacial score (nSPS) is 24.5. The Bertz CT molecular complexity index is 640. The van der Waals surface area contributed by atoms with Gasteiger partial charge in [0.2, 0.25) is 5.91 Å².